The van der Waals surface area contributed by atoms with Gasteiger partial charge in [-0.3, -0.25) is 0 Å². The molecule has 2 aromatic rings. The number of hydrogen-bond acceptors (Lipinski definition) is 1. The summed E-state index contributed by atoms with van der Waals surface area (Å²) in [5.41, 5.74) is 2.97. The van der Waals surface area contributed by atoms with Gasteiger partial charge in [0.2, 0.25) is 0 Å². The van der Waals surface area contributed by atoms with Gasteiger partial charge in [0, 0.05) is 18.2 Å². The van der Waals surface area contributed by atoms with E-state index in [9.17, 15) is 21.4 Å². The average molecular weight is 388 g/mol. The third-order valence-corrected chi connectivity index (χ3v) is 4.84. The minimum atomic E-state index is -4.00. The number of halogens is 5. The monoisotopic (exact) mass is 388 g/mol. The number of benzene rings is 2. The van der Waals surface area contributed by atoms with E-state index in [1.54, 1.807) is 12.1 Å². The smallest absolute Gasteiger partial charge is 0.200 e. The first-order valence-corrected chi connectivity index (χ1v) is 9.14. The van der Waals surface area contributed by atoms with Crippen molar-refractivity contribution in [3.05, 3.63) is 65.2 Å². The molecule has 0 atom stereocenters. The molecule has 0 saturated heterocycles. The Balaban J connectivity index is 1.94. The van der Waals surface area contributed by atoms with Gasteiger partial charge in [0.05, 0.1) is 12.1 Å². The lowest BCUT2D eigenvalue weighted by Crippen LogP contribution is -2.37. The topological polar surface area (TPSA) is 0 Å². The first-order valence-electron chi connectivity index (χ1n) is 8.43. The largest absolute Gasteiger partial charge is 0.309 e. The molecule has 2 rings (SSSR count). The van der Waals surface area contributed by atoms with Crippen LogP contribution >= 0.6 is 12.1 Å². The molecule has 0 radical (unpaired) electrons. The fourth-order valence-electron chi connectivity index (χ4n) is 2.75. The fourth-order valence-corrected chi connectivity index (χ4v) is 2.99. The van der Waals surface area contributed by atoms with Gasteiger partial charge in [-0.2, -0.15) is 12.7 Å². The maximum Gasteiger partial charge on any atom is 0.309 e. The normalized spacial score (nSPS) is 12.4. The van der Waals surface area contributed by atoms with Crippen LogP contribution in [0.4, 0.5) is 21.4 Å². The lowest BCUT2D eigenvalue weighted by molar-refractivity contribution is -0.201. The summed E-state index contributed by atoms with van der Waals surface area (Å²) in [6.07, 6.45) is 0.929. The number of alkyl halides is 4. The van der Waals surface area contributed by atoms with Crippen molar-refractivity contribution in [2.24, 2.45) is 0 Å². The van der Waals surface area contributed by atoms with E-state index in [0.717, 1.165) is 23.1 Å². The van der Waals surface area contributed by atoms with Crippen LogP contribution in [0, 0.1) is 0 Å². The van der Waals surface area contributed by atoms with Crippen LogP contribution < -0.4 is 0 Å². The van der Waals surface area contributed by atoms with Crippen molar-refractivity contribution in [2.45, 2.75) is 55.8 Å². The predicted octanol–water partition coefficient (Wildman–Crippen LogP) is 7.06. The van der Waals surface area contributed by atoms with Crippen molar-refractivity contribution in [1.82, 2.24) is 0 Å². The van der Waals surface area contributed by atoms with Gasteiger partial charge in [-0.05, 0) is 54.5 Å². The van der Waals surface area contributed by atoms with Crippen molar-refractivity contribution in [1.29, 1.82) is 0 Å². The Morgan fingerprint density at radius 2 is 1.38 bits per heavy atom. The molecule has 0 nitrogen and oxygen atoms in total. The Kier molecular flexibility index (Phi) is 7.09. The van der Waals surface area contributed by atoms with Gasteiger partial charge in [-0.25, -0.2) is 8.78 Å². The van der Waals surface area contributed by atoms with Crippen LogP contribution in [0.2, 0.25) is 0 Å². The summed E-state index contributed by atoms with van der Waals surface area (Å²) in [6.45, 7) is 0.258. The molecule has 2 aromatic carbocycles. The maximum atomic E-state index is 13.4. The van der Waals surface area contributed by atoms with Gasteiger partial charge in [0.1, 0.15) is 0 Å². The minimum Gasteiger partial charge on any atom is -0.200 e. The Morgan fingerprint density at radius 1 is 0.808 bits per heavy atom. The summed E-state index contributed by atoms with van der Waals surface area (Å²) in [5, 5.41) is 0. The molecule has 26 heavy (non-hydrogen) atoms. The van der Waals surface area contributed by atoms with E-state index in [4.69, 9.17) is 0 Å². The highest BCUT2D eigenvalue weighted by atomic mass is 32.2. The number of hydrogen-bond donors (Lipinski definition) is 0. The minimum absolute atomic E-state index is 0.00410. The van der Waals surface area contributed by atoms with Gasteiger partial charge < -0.3 is 0 Å². The average Bonchev–Trinajstić information content (AvgIpc) is 2.60. The molecular weight excluding hydrogens is 367 g/mol. The highest BCUT2D eigenvalue weighted by molar-refractivity contribution is 7.94. The standard InChI is InChI=1S/C20H21F5S/c1-19(21,22)20(23,24)14-4-7-16-5-2-3-6-17(16)11-8-15-9-12-18(26-25)13-10-15/h2-3,5-6,9-10,12-13H,4,7-8,11,14H2,1H3. The quantitative estimate of drug-likeness (QED) is 0.414. The highest BCUT2D eigenvalue weighted by Crippen LogP contribution is 2.37. The Morgan fingerprint density at radius 3 is 1.92 bits per heavy atom. The molecule has 0 amide bonds. The summed E-state index contributed by atoms with van der Waals surface area (Å²) in [7, 11) is 0. The molecule has 0 aliphatic carbocycles. The van der Waals surface area contributed by atoms with Crippen LogP contribution in [-0.2, 0) is 19.3 Å². The zero-order chi connectivity index (χ0) is 19.2. The van der Waals surface area contributed by atoms with Gasteiger partial charge in [0.25, 0.3) is 0 Å². The maximum absolute atomic E-state index is 13.4. The van der Waals surface area contributed by atoms with Gasteiger partial charge in [-0.15, -0.1) is 0 Å². The van der Waals surface area contributed by atoms with Crippen LogP contribution in [0.1, 0.15) is 36.5 Å². The molecule has 142 valence electrons. The van der Waals surface area contributed by atoms with E-state index < -0.39 is 18.3 Å². The van der Waals surface area contributed by atoms with E-state index in [1.165, 1.54) is 0 Å². The summed E-state index contributed by atoms with van der Waals surface area (Å²) in [4.78, 5) is 0.544. The summed E-state index contributed by atoms with van der Waals surface area (Å²) in [5.74, 6) is -7.99. The number of aryl methyl sites for hydroxylation is 3. The molecule has 0 aliphatic heterocycles. The first kappa shape index (κ1) is 20.7. The molecule has 6 heteroatoms. The van der Waals surface area contributed by atoms with Crippen LogP contribution in [-0.4, -0.2) is 11.8 Å². The SMILES string of the molecule is CC(F)(F)C(F)(F)CCCc1ccccc1CCc1ccc(SF)cc1. The lowest BCUT2D eigenvalue weighted by atomic mass is 9.95. The molecule has 0 bridgehead atoms. The van der Waals surface area contributed by atoms with Crippen molar-refractivity contribution in [3.8, 4) is 0 Å². The molecule has 0 spiro atoms. The van der Waals surface area contributed by atoms with Crippen LogP contribution in [0.15, 0.2) is 53.4 Å². The van der Waals surface area contributed by atoms with Gasteiger partial charge in [0.15, 0.2) is 0 Å². The lowest BCUT2D eigenvalue weighted by Gasteiger charge is -2.23. The van der Waals surface area contributed by atoms with E-state index in [1.807, 2.05) is 36.4 Å². The second kappa shape index (κ2) is 8.89. The molecular formula is C20H21F5S. The van der Waals surface area contributed by atoms with Gasteiger partial charge in [-0.1, -0.05) is 36.4 Å². The van der Waals surface area contributed by atoms with E-state index in [2.05, 4.69) is 0 Å². The third-order valence-electron chi connectivity index (χ3n) is 4.39. The van der Waals surface area contributed by atoms with E-state index in [-0.39, 0.29) is 25.5 Å². The molecule has 0 N–H and O–H groups in total. The summed E-state index contributed by atoms with van der Waals surface area (Å²) < 4.78 is 65.0. The van der Waals surface area contributed by atoms with Crippen molar-refractivity contribution < 1.29 is 21.4 Å². The predicted molar refractivity (Wildman–Crippen MR) is 95.8 cm³/mol. The Labute approximate surface area is 155 Å². The van der Waals surface area contributed by atoms with E-state index in [0.29, 0.717) is 17.7 Å². The molecule has 0 saturated carbocycles. The third kappa shape index (κ3) is 5.73. The Bertz CT molecular complexity index is 692. The first-order chi connectivity index (χ1) is 12.2. The van der Waals surface area contributed by atoms with Crippen LogP contribution in [0.3, 0.4) is 0 Å². The molecule has 0 aromatic heterocycles. The van der Waals surface area contributed by atoms with Crippen LogP contribution in [0.25, 0.3) is 0 Å². The highest BCUT2D eigenvalue weighted by Gasteiger charge is 2.51. The zero-order valence-corrected chi connectivity index (χ0v) is 15.3. The molecule has 0 fully saturated rings. The van der Waals surface area contributed by atoms with E-state index >= 15 is 0 Å². The molecule has 0 aliphatic rings. The summed E-state index contributed by atoms with van der Waals surface area (Å²) >= 11 is 0.192. The second-order valence-electron chi connectivity index (χ2n) is 6.44. The molecule has 0 unspecified atom stereocenters. The van der Waals surface area contributed by atoms with Crippen molar-refractivity contribution in [2.75, 3.05) is 0 Å². The number of rotatable bonds is 9. The van der Waals surface area contributed by atoms with Crippen LogP contribution in [0.5, 0.6) is 0 Å². The van der Waals surface area contributed by atoms with Gasteiger partial charge >= 0.3 is 11.8 Å². The zero-order valence-electron chi connectivity index (χ0n) is 14.5. The fraction of sp³-hybridized carbons (Fsp3) is 0.400. The second-order valence-corrected chi connectivity index (χ2v) is 7.06. The summed E-state index contributed by atoms with van der Waals surface area (Å²) in [6, 6.07) is 14.6. The van der Waals surface area contributed by atoms with Crippen molar-refractivity contribution in [3.63, 3.8) is 0 Å². The van der Waals surface area contributed by atoms with Crippen molar-refractivity contribution >= 4 is 12.1 Å². The Hall–Kier alpha value is -1.56. The molecule has 0 heterocycles.